The summed E-state index contributed by atoms with van der Waals surface area (Å²) in [5.41, 5.74) is -1.50. The molecule has 1 saturated heterocycles. The number of phosphoric acid groups is 2. The first-order chi connectivity index (χ1) is 11.4. The molecule has 2 rings (SSSR count). The summed E-state index contributed by atoms with van der Waals surface area (Å²) in [5, 5.41) is 10.0. The van der Waals surface area contributed by atoms with Crippen molar-refractivity contribution in [3.63, 3.8) is 0 Å². The molecule has 0 amide bonds. The predicted molar refractivity (Wildman–Crippen MR) is 79.3 cm³/mol. The molecule has 0 spiro atoms. The lowest BCUT2D eigenvalue weighted by atomic mass is 10.1. The van der Waals surface area contributed by atoms with Gasteiger partial charge in [-0.05, 0) is 0 Å². The lowest BCUT2D eigenvalue weighted by Crippen LogP contribution is -2.32. The Kier molecular flexibility index (Phi) is 5.64. The number of rotatable bonds is 6. The zero-order chi connectivity index (χ0) is 19.0. The molecule has 15 heteroatoms. The van der Waals surface area contributed by atoms with E-state index in [0.717, 1.165) is 16.8 Å². The second-order valence-corrected chi connectivity index (χ2v) is 7.73. The van der Waals surface area contributed by atoms with Crippen LogP contribution in [-0.2, 0) is 22.7 Å². The highest BCUT2D eigenvalue weighted by molar-refractivity contribution is 7.60. The molecule has 0 saturated carbocycles. The smallest absolute Gasteiger partial charge is 0.386 e. The Bertz CT molecular complexity index is 870. The minimum absolute atomic E-state index is 0.00794. The number of phosphoric ester groups is 1. The van der Waals surface area contributed by atoms with Crippen LogP contribution < -0.4 is 11.2 Å². The van der Waals surface area contributed by atoms with E-state index in [2.05, 4.69) is 15.4 Å². The Labute approximate surface area is 139 Å². The van der Waals surface area contributed by atoms with Crippen LogP contribution in [0.15, 0.2) is 34.0 Å². The number of aromatic nitrogens is 2. The van der Waals surface area contributed by atoms with Crippen LogP contribution in [0.5, 0.6) is 0 Å². The lowest BCUT2D eigenvalue weighted by molar-refractivity contribution is -0.0438. The first kappa shape index (κ1) is 19.9. The first-order valence-electron chi connectivity index (χ1n) is 6.47. The maximum atomic E-state index is 11.7. The van der Waals surface area contributed by atoms with E-state index < -0.39 is 51.9 Å². The third-order valence-electron chi connectivity index (χ3n) is 3.07. The predicted octanol–water partition coefficient (Wildman–Crippen LogP) is -1.42. The fourth-order valence-electron chi connectivity index (χ4n) is 2.02. The maximum Gasteiger partial charge on any atom is 0.481 e. The topological polar surface area (TPSA) is 198 Å². The van der Waals surface area contributed by atoms with Gasteiger partial charge in [-0.15, -0.1) is 0 Å². The number of aromatic amines is 1. The Morgan fingerprint density at radius 3 is 2.52 bits per heavy atom. The van der Waals surface area contributed by atoms with Crippen molar-refractivity contribution in [3.8, 4) is 0 Å². The number of hydrogen-bond donors (Lipinski definition) is 5. The molecule has 140 valence electrons. The van der Waals surface area contributed by atoms with Crippen molar-refractivity contribution in [2.45, 2.75) is 18.4 Å². The van der Waals surface area contributed by atoms with Crippen molar-refractivity contribution in [2.75, 3.05) is 6.61 Å². The van der Waals surface area contributed by atoms with Gasteiger partial charge in [0, 0.05) is 17.8 Å². The SMILES string of the molecule is C=C1[C@H](n2ccc(=O)[nH]c2=O)O[C@H](COP(=O)(O)OP(=O)(O)O)[C@H]1O. The minimum Gasteiger partial charge on any atom is -0.386 e. The van der Waals surface area contributed by atoms with E-state index in [-0.39, 0.29) is 5.57 Å². The van der Waals surface area contributed by atoms with Gasteiger partial charge in [0.2, 0.25) is 0 Å². The van der Waals surface area contributed by atoms with Crippen molar-refractivity contribution in [1.82, 2.24) is 9.55 Å². The number of aliphatic hydroxyl groups is 1. The van der Waals surface area contributed by atoms with Gasteiger partial charge >= 0.3 is 21.3 Å². The van der Waals surface area contributed by atoms with Crippen LogP contribution in [0, 0.1) is 0 Å². The number of ether oxygens (including phenoxy) is 1. The standard InChI is InChI=1S/C10H14N2O11P2/c1-5-8(14)6(4-21-25(19,20)23-24(16,17)18)22-9(5)12-3-2-7(13)11-10(12)15/h2-3,6,8-9,14H,1,4H2,(H,19,20)(H,11,13,15)(H2,16,17,18)/t6-,8+,9-/m1/s1. The monoisotopic (exact) mass is 400 g/mol. The average Bonchev–Trinajstić information content (AvgIpc) is 2.71. The summed E-state index contributed by atoms with van der Waals surface area (Å²) >= 11 is 0. The van der Waals surface area contributed by atoms with Gasteiger partial charge < -0.3 is 24.5 Å². The van der Waals surface area contributed by atoms with Gasteiger partial charge in [0.25, 0.3) is 5.56 Å². The van der Waals surface area contributed by atoms with Gasteiger partial charge in [0.15, 0.2) is 6.23 Å². The number of aliphatic hydroxyl groups excluding tert-OH is 1. The molecule has 25 heavy (non-hydrogen) atoms. The summed E-state index contributed by atoms with van der Waals surface area (Å²) in [7, 11) is -10.4. The van der Waals surface area contributed by atoms with E-state index >= 15 is 0 Å². The van der Waals surface area contributed by atoms with Crippen molar-refractivity contribution in [2.24, 2.45) is 0 Å². The minimum atomic E-state index is -5.29. The highest BCUT2D eigenvalue weighted by atomic mass is 31.3. The van der Waals surface area contributed by atoms with Gasteiger partial charge in [-0.3, -0.25) is 18.9 Å². The molecule has 2 heterocycles. The molecule has 0 radical (unpaired) electrons. The molecule has 5 N–H and O–H groups in total. The Morgan fingerprint density at radius 2 is 1.96 bits per heavy atom. The lowest BCUT2D eigenvalue weighted by Gasteiger charge is -2.17. The van der Waals surface area contributed by atoms with Crippen LogP contribution in [0.4, 0.5) is 0 Å². The molecule has 0 aliphatic carbocycles. The molecule has 4 atom stereocenters. The van der Waals surface area contributed by atoms with Crippen molar-refractivity contribution < 1.29 is 42.5 Å². The number of H-pyrrole nitrogens is 1. The van der Waals surface area contributed by atoms with Crippen LogP contribution in [0.25, 0.3) is 0 Å². The number of hydrogen-bond acceptors (Lipinski definition) is 8. The Balaban J connectivity index is 2.11. The largest absolute Gasteiger partial charge is 0.481 e. The summed E-state index contributed by atoms with van der Waals surface area (Å²) in [4.78, 5) is 51.0. The third-order valence-corrected chi connectivity index (χ3v) is 5.22. The van der Waals surface area contributed by atoms with Crippen LogP contribution >= 0.6 is 15.6 Å². The average molecular weight is 400 g/mol. The summed E-state index contributed by atoms with van der Waals surface area (Å²) in [5.74, 6) is 0. The van der Waals surface area contributed by atoms with Gasteiger partial charge in [-0.2, -0.15) is 4.31 Å². The normalized spacial score (nSPS) is 26.6. The van der Waals surface area contributed by atoms with Crippen LogP contribution in [0.2, 0.25) is 0 Å². The van der Waals surface area contributed by atoms with Gasteiger partial charge in [0.05, 0.1) is 6.61 Å². The molecule has 1 aromatic rings. The van der Waals surface area contributed by atoms with Crippen molar-refractivity contribution >= 4 is 15.6 Å². The fraction of sp³-hybridized carbons (Fsp3) is 0.400. The molecule has 13 nitrogen and oxygen atoms in total. The van der Waals surface area contributed by atoms with E-state index in [0.29, 0.717) is 0 Å². The first-order valence-corrected chi connectivity index (χ1v) is 9.50. The summed E-state index contributed by atoms with van der Waals surface area (Å²) in [6, 6.07) is 1.03. The van der Waals surface area contributed by atoms with E-state index in [9.17, 15) is 28.7 Å². The molecule has 1 aliphatic heterocycles. The number of nitrogens with one attached hydrogen (secondary N) is 1. The Hall–Kier alpha value is -1.40. The quantitative estimate of drug-likeness (QED) is 0.277. The summed E-state index contributed by atoms with van der Waals surface area (Å²) in [6.45, 7) is 2.74. The molecule has 1 unspecified atom stereocenters. The molecular formula is C10H14N2O11P2. The second-order valence-electron chi connectivity index (χ2n) is 4.90. The Morgan fingerprint density at radius 1 is 1.32 bits per heavy atom. The highest BCUT2D eigenvalue weighted by Crippen LogP contribution is 2.57. The van der Waals surface area contributed by atoms with Crippen molar-refractivity contribution in [3.05, 3.63) is 45.3 Å². The molecule has 0 aromatic carbocycles. The van der Waals surface area contributed by atoms with Crippen molar-refractivity contribution in [1.29, 1.82) is 0 Å². The van der Waals surface area contributed by atoms with E-state index in [1.165, 1.54) is 0 Å². The molecule has 0 bridgehead atoms. The van der Waals surface area contributed by atoms with Gasteiger partial charge in [-0.1, -0.05) is 6.58 Å². The molecule has 1 aliphatic rings. The summed E-state index contributed by atoms with van der Waals surface area (Å²) in [6.07, 6.45) is -2.83. The van der Waals surface area contributed by atoms with E-state index in [1.807, 2.05) is 4.98 Å². The van der Waals surface area contributed by atoms with E-state index in [4.69, 9.17) is 14.5 Å². The van der Waals surface area contributed by atoms with Crippen LogP contribution in [0.3, 0.4) is 0 Å². The third kappa shape index (κ3) is 5.05. The molecular weight excluding hydrogens is 386 g/mol. The molecule has 1 aromatic heterocycles. The zero-order valence-corrected chi connectivity index (χ0v) is 14.1. The summed E-state index contributed by atoms with van der Waals surface area (Å²) < 4.78 is 36.1. The van der Waals surface area contributed by atoms with Gasteiger partial charge in [0.1, 0.15) is 12.2 Å². The van der Waals surface area contributed by atoms with Crippen LogP contribution in [-0.4, -0.2) is 48.2 Å². The highest BCUT2D eigenvalue weighted by Gasteiger charge is 2.41. The fourth-order valence-corrected chi connectivity index (χ4v) is 3.62. The van der Waals surface area contributed by atoms with Gasteiger partial charge in [-0.25, -0.2) is 13.9 Å². The number of nitrogens with zero attached hydrogens (tertiary/aromatic N) is 1. The van der Waals surface area contributed by atoms with E-state index in [1.54, 1.807) is 0 Å². The maximum absolute atomic E-state index is 11.7. The molecule has 1 fully saturated rings. The second kappa shape index (κ2) is 7.08. The zero-order valence-electron chi connectivity index (χ0n) is 12.3. The van der Waals surface area contributed by atoms with Crippen LogP contribution in [0.1, 0.15) is 6.23 Å².